The van der Waals surface area contributed by atoms with Gasteiger partial charge in [0, 0.05) is 10.7 Å². The van der Waals surface area contributed by atoms with E-state index < -0.39 is 24.3 Å². The van der Waals surface area contributed by atoms with Crippen LogP contribution in [0.5, 0.6) is 0 Å². The highest BCUT2D eigenvalue weighted by Gasteiger charge is 2.15. The monoisotopic (exact) mass is 335 g/mol. The van der Waals surface area contributed by atoms with Crippen molar-refractivity contribution in [2.24, 2.45) is 0 Å². The number of amides is 1. The molecule has 0 bridgehead atoms. The molecule has 120 valence electrons. The summed E-state index contributed by atoms with van der Waals surface area (Å²) < 4.78 is 18.4. The maximum atomic E-state index is 13.6. The van der Waals surface area contributed by atoms with E-state index >= 15 is 0 Å². The van der Waals surface area contributed by atoms with Crippen LogP contribution in [0.4, 0.5) is 10.1 Å². The average molecular weight is 336 g/mol. The van der Waals surface area contributed by atoms with Crippen LogP contribution >= 0.6 is 11.6 Å². The van der Waals surface area contributed by atoms with Crippen molar-refractivity contribution in [1.29, 1.82) is 0 Å². The molecule has 0 unspecified atom stereocenters. The molecule has 4 nitrogen and oxygen atoms in total. The van der Waals surface area contributed by atoms with Crippen LogP contribution in [0.15, 0.2) is 42.5 Å². The number of hydrogen-bond acceptors (Lipinski definition) is 3. The molecule has 6 heteroatoms. The minimum atomic E-state index is -0.920. The van der Waals surface area contributed by atoms with Crippen molar-refractivity contribution in [2.75, 3.05) is 11.9 Å². The second-order valence-electron chi connectivity index (χ2n) is 4.80. The first-order valence-corrected chi connectivity index (χ1v) is 7.38. The Morgan fingerprint density at radius 3 is 2.70 bits per heavy atom. The second-order valence-corrected chi connectivity index (χ2v) is 5.24. The fourth-order valence-corrected chi connectivity index (χ4v) is 2.09. The predicted molar refractivity (Wildman–Crippen MR) is 86.1 cm³/mol. The largest absolute Gasteiger partial charge is 0.452 e. The third-order valence-corrected chi connectivity index (χ3v) is 3.34. The number of aryl methyl sites for hydroxylation is 1. The van der Waals surface area contributed by atoms with Crippen molar-refractivity contribution in [3.8, 4) is 0 Å². The Bertz CT molecular complexity index is 734. The Hall–Kier alpha value is -2.40. The van der Waals surface area contributed by atoms with E-state index in [1.54, 1.807) is 6.07 Å². The number of esters is 1. The lowest BCUT2D eigenvalue weighted by Crippen LogP contribution is -2.21. The predicted octanol–water partition coefficient (Wildman–Crippen LogP) is 3.84. The van der Waals surface area contributed by atoms with Crippen molar-refractivity contribution < 1.29 is 18.7 Å². The lowest BCUT2D eigenvalue weighted by atomic mass is 10.1. The average Bonchev–Trinajstić information content (AvgIpc) is 2.53. The first kappa shape index (κ1) is 17.0. The Kier molecular flexibility index (Phi) is 5.71. The normalized spacial score (nSPS) is 10.2. The van der Waals surface area contributed by atoms with Crippen LogP contribution in [0, 0.1) is 5.82 Å². The molecule has 0 aromatic heterocycles. The van der Waals surface area contributed by atoms with Crippen LogP contribution < -0.4 is 5.32 Å². The summed E-state index contributed by atoms with van der Waals surface area (Å²) in [5.41, 5.74) is 1.42. The molecule has 2 aromatic carbocycles. The summed E-state index contributed by atoms with van der Waals surface area (Å²) in [6, 6.07) is 10.9. The molecule has 0 heterocycles. The maximum absolute atomic E-state index is 13.6. The molecule has 1 N–H and O–H groups in total. The van der Waals surface area contributed by atoms with Crippen molar-refractivity contribution in [3.05, 3.63) is 64.4 Å². The summed E-state index contributed by atoms with van der Waals surface area (Å²) in [6.07, 6.45) is 0.842. The third-order valence-electron chi connectivity index (χ3n) is 3.10. The summed E-state index contributed by atoms with van der Waals surface area (Å²) in [7, 11) is 0. The van der Waals surface area contributed by atoms with E-state index in [1.807, 2.05) is 25.1 Å². The van der Waals surface area contributed by atoms with Gasteiger partial charge in [-0.1, -0.05) is 30.7 Å². The summed E-state index contributed by atoms with van der Waals surface area (Å²) in [5.74, 6) is -2.21. The van der Waals surface area contributed by atoms with Gasteiger partial charge in [-0.15, -0.1) is 0 Å². The molecule has 0 aliphatic carbocycles. The molecule has 0 aliphatic heterocycles. The van der Waals surface area contributed by atoms with Gasteiger partial charge in [0.15, 0.2) is 6.61 Å². The van der Waals surface area contributed by atoms with Gasteiger partial charge in [0.1, 0.15) is 5.82 Å². The number of carbonyl (C=O) groups is 2. The standard InChI is InChI=1S/C17H15ClFNO3/c1-2-11-4-3-5-13(8-11)20-16(21)10-23-17(22)14-7-6-12(18)9-15(14)19/h3-9H,2,10H2,1H3,(H,20,21). The highest BCUT2D eigenvalue weighted by Crippen LogP contribution is 2.15. The summed E-state index contributed by atoms with van der Waals surface area (Å²) in [4.78, 5) is 23.5. The fraction of sp³-hybridized carbons (Fsp3) is 0.176. The van der Waals surface area contributed by atoms with Gasteiger partial charge in [0.25, 0.3) is 5.91 Å². The van der Waals surface area contributed by atoms with Gasteiger partial charge in [0.05, 0.1) is 5.56 Å². The number of nitrogens with one attached hydrogen (secondary N) is 1. The van der Waals surface area contributed by atoms with Gasteiger partial charge in [0.2, 0.25) is 0 Å². The smallest absolute Gasteiger partial charge is 0.341 e. The Morgan fingerprint density at radius 2 is 2.00 bits per heavy atom. The zero-order valence-electron chi connectivity index (χ0n) is 12.4. The van der Waals surface area contributed by atoms with E-state index in [0.29, 0.717) is 5.69 Å². The van der Waals surface area contributed by atoms with E-state index in [4.69, 9.17) is 16.3 Å². The lowest BCUT2D eigenvalue weighted by Gasteiger charge is -2.08. The van der Waals surface area contributed by atoms with E-state index in [-0.39, 0.29) is 10.6 Å². The highest BCUT2D eigenvalue weighted by atomic mass is 35.5. The molecule has 23 heavy (non-hydrogen) atoms. The number of anilines is 1. The first-order chi connectivity index (χ1) is 11.0. The summed E-state index contributed by atoms with van der Waals surface area (Å²) in [5, 5.41) is 2.79. The lowest BCUT2D eigenvalue weighted by molar-refractivity contribution is -0.119. The number of halogens is 2. The van der Waals surface area contributed by atoms with Crippen molar-refractivity contribution >= 4 is 29.2 Å². The first-order valence-electron chi connectivity index (χ1n) is 7.00. The number of ether oxygens (including phenoxy) is 1. The minimum absolute atomic E-state index is 0.174. The zero-order chi connectivity index (χ0) is 16.8. The molecule has 2 rings (SSSR count). The topological polar surface area (TPSA) is 55.4 Å². The summed E-state index contributed by atoms with van der Waals surface area (Å²) >= 11 is 5.61. The molecular weight excluding hydrogens is 321 g/mol. The number of benzene rings is 2. The van der Waals surface area contributed by atoms with Crippen LogP contribution in [0.25, 0.3) is 0 Å². The second kappa shape index (κ2) is 7.74. The van der Waals surface area contributed by atoms with Gasteiger partial charge >= 0.3 is 5.97 Å². The van der Waals surface area contributed by atoms with Crippen molar-refractivity contribution in [3.63, 3.8) is 0 Å². The van der Waals surface area contributed by atoms with Crippen LogP contribution in [-0.2, 0) is 16.0 Å². The van der Waals surface area contributed by atoms with Crippen molar-refractivity contribution in [2.45, 2.75) is 13.3 Å². The van der Waals surface area contributed by atoms with Crippen LogP contribution in [0.3, 0.4) is 0 Å². The molecular formula is C17H15ClFNO3. The molecule has 0 spiro atoms. The fourth-order valence-electron chi connectivity index (χ4n) is 1.93. The molecule has 2 aromatic rings. The van der Waals surface area contributed by atoms with Gasteiger partial charge < -0.3 is 10.1 Å². The van der Waals surface area contributed by atoms with E-state index in [9.17, 15) is 14.0 Å². The molecule has 0 fully saturated rings. The molecule has 1 amide bonds. The van der Waals surface area contributed by atoms with Gasteiger partial charge in [-0.05, 0) is 42.3 Å². The SMILES string of the molecule is CCc1cccc(NC(=O)COC(=O)c2ccc(Cl)cc2F)c1. The highest BCUT2D eigenvalue weighted by molar-refractivity contribution is 6.30. The molecule has 0 aliphatic rings. The maximum Gasteiger partial charge on any atom is 0.341 e. The number of carbonyl (C=O) groups excluding carboxylic acids is 2. The molecule has 0 radical (unpaired) electrons. The number of hydrogen-bond donors (Lipinski definition) is 1. The summed E-state index contributed by atoms with van der Waals surface area (Å²) in [6.45, 7) is 1.50. The van der Waals surface area contributed by atoms with Gasteiger partial charge in [-0.3, -0.25) is 4.79 Å². The molecule has 0 saturated heterocycles. The Labute approximate surface area is 138 Å². The molecule has 0 atom stereocenters. The van der Waals surface area contributed by atoms with Crippen LogP contribution in [-0.4, -0.2) is 18.5 Å². The number of rotatable bonds is 5. The minimum Gasteiger partial charge on any atom is -0.452 e. The van der Waals surface area contributed by atoms with Gasteiger partial charge in [-0.2, -0.15) is 0 Å². The zero-order valence-corrected chi connectivity index (χ0v) is 13.2. The quantitative estimate of drug-likeness (QED) is 0.845. The van der Waals surface area contributed by atoms with Crippen LogP contribution in [0.1, 0.15) is 22.8 Å². The van der Waals surface area contributed by atoms with E-state index in [2.05, 4.69) is 5.32 Å². The molecule has 0 saturated carbocycles. The third kappa shape index (κ3) is 4.79. The van der Waals surface area contributed by atoms with E-state index in [1.165, 1.54) is 12.1 Å². The Balaban J connectivity index is 1.92. The van der Waals surface area contributed by atoms with Gasteiger partial charge in [-0.25, -0.2) is 9.18 Å². The van der Waals surface area contributed by atoms with E-state index in [0.717, 1.165) is 18.1 Å². The van der Waals surface area contributed by atoms with Crippen molar-refractivity contribution in [1.82, 2.24) is 0 Å². The van der Waals surface area contributed by atoms with Crippen LogP contribution in [0.2, 0.25) is 5.02 Å². The Morgan fingerprint density at radius 1 is 1.22 bits per heavy atom.